The summed E-state index contributed by atoms with van der Waals surface area (Å²) in [5, 5.41) is 12.1. The molecule has 142 valence electrons. The first-order valence-corrected chi connectivity index (χ1v) is 8.87. The van der Waals surface area contributed by atoms with Crippen molar-refractivity contribution in [3.05, 3.63) is 59.4 Å². The molecule has 1 heterocycles. The Morgan fingerprint density at radius 3 is 2.33 bits per heavy atom. The fourth-order valence-electron chi connectivity index (χ4n) is 3.20. The molecular weight excluding hydrogens is 349 g/mol. The molecule has 0 aliphatic carbocycles. The number of rotatable bonds is 5. The number of nitrogens with one attached hydrogen (secondary N) is 1. The Hall–Kier alpha value is -2.73. The Bertz CT molecular complexity index is 842. The number of ether oxygens (including phenoxy) is 1. The number of carbonyl (C=O) groups is 2. The molecule has 0 unspecified atom stereocenters. The summed E-state index contributed by atoms with van der Waals surface area (Å²) in [7, 11) is 0. The van der Waals surface area contributed by atoms with Gasteiger partial charge in [-0.3, -0.25) is 9.59 Å². The number of hydrogen-bond donors (Lipinski definition) is 2. The van der Waals surface area contributed by atoms with Crippen LogP contribution in [0.5, 0.6) is 0 Å². The van der Waals surface area contributed by atoms with Crippen molar-refractivity contribution in [3.63, 3.8) is 0 Å². The lowest BCUT2D eigenvalue weighted by atomic mass is 9.80. The average molecular weight is 371 g/mol. The average Bonchev–Trinajstić information content (AvgIpc) is 2.67. The summed E-state index contributed by atoms with van der Waals surface area (Å²) in [5.41, 5.74) is 1.48. The molecule has 2 aromatic carbocycles. The molecule has 1 aliphatic heterocycles. The maximum Gasteiger partial charge on any atom is 0.311 e. The molecule has 0 saturated carbocycles. The zero-order valence-corrected chi connectivity index (χ0v) is 15.1. The van der Waals surface area contributed by atoms with E-state index in [1.54, 1.807) is 6.07 Å². The molecule has 5 nitrogen and oxygen atoms in total. The molecule has 3 rings (SSSR count). The first-order valence-electron chi connectivity index (χ1n) is 8.87. The Labute approximate surface area is 157 Å². The van der Waals surface area contributed by atoms with E-state index in [0.717, 1.165) is 11.1 Å². The van der Waals surface area contributed by atoms with E-state index in [0.29, 0.717) is 31.6 Å². The van der Waals surface area contributed by atoms with Crippen LogP contribution in [0.4, 0.5) is 4.39 Å². The van der Waals surface area contributed by atoms with Crippen molar-refractivity contribution in [2.24, 2.45) is 5.41 Å². The summed E-state index contributed by atoms with van der Waals surface area (Å²) in [6.45, 7) is 2.59. The lowest BCUT2D eigenvalue weighted by Crippen LogP contribution is -2.46. The third-order valence-corrected chi connectivity index (χ3v) is 5.09. The standard InChI is InChI=1S/C21H22FNO4/c1-14-2-4-15(5-3-14)16-6-7-17(18(22)12-16)19(24)23-13-21(20(25)26)8-10-27-11-9-21/h2-7,12H,8-11,13H2,1H3,(H,23,24)(H,25,26). The predicted octanol–water partition coefficient (Wildman–Crippen LogP) is 3.41. The molecule has 2 aromatic rings. The lowest BCUT2D eigenvalue weighted by Gasteiger charge is -2.33. The lowest BCUT2D eigenvalue weighted by molar-refractivity contribution is -0.154. The third-order valence-electron chi connectivity index (χ3n) is 5.09. The van der Waals surface area contributed by atoms with Gasteiger partial charge >= 0.3 is 5.97 Å². The van der Waals surface area contributed by atoms with Crippen LogP contribution in [0, 0.1) is 18.2 Å². The topological polar surface area (TPSA) is 75.6 Å². The van der Waals surface area contributed by atoms with E-state index < -0.39 is 23.1 Å². The fraction of sp³-hybridized carbons (Fsp3) is 0.333. The van der Waals surface area contributed by atoms with E-state index in [9.17, 15) is 19.1 Å². The van der Waals surface area contributed by atoms with E-state index in [-0.39, 0.29) is 12.1 Å². The fourth-order valence-corrected chi connectivity index (χ4v) is 3.20. The van der Waals surface area contributed by atoms with Crippen LogP contribution in [-0.4, -0.2) is 36.7 Å². The van der Waals surface area contributed by atoms with Gasteiger partial charge in [0.25, 0.3) is 5.91 Å². The number of carboxylic acids is 1. The zero-order valence-electron chi connectivity index (χ0n) is 15.1. The molecule has 2 N–H and O–H groups in total. The van der Waals surface area contributed by atoms with Gasteiger partial charge in [-0.25, -0.2) is 4.39 Å². The minimum Gasteiger partial charge on any atom is -0.481 e. The number of hydrogen-bond acceptors (Lipinski definition) is 3. The minimum atomic E-state index is -1.06. The van der Waals surface area contributed by atoms with Gasteiger partial charge in [-0.2, -0.15) is 0 Å². The molecule has 1 saturated heterocycles. The molecular formula is C21H22FNO4. The Morgan fingerprint density at radius 1 is 1.11 bits per heavy atom. The molecule has 6 heteroatoms. The van der Waals surface area contributed by atoms with Gasteiger partial charge in [0.2, 0.25) is 0 Å². The highest BCUT2D eigenvalue weighted by molar-refractivity contribution is 5.95. The largest absolute Gasteiger partial charge is 0.481 e. The van der Waals surface area contributed by atoms with E-state index in [1.165, 1.54) is 12.1 Å². The van der Waals surface area contributed by atoms with Gasteiger partial charge < -0.3 is 15.2 Å². The summed E-state index contributed by atoms with van der Waals surface area (Å²) in [6, 6.07) is 12.1. The highest BCUT2D eigenvalue weighted by Gasteiger charge is 2.40. The molecule has 1 aliphatic rings. The smallest absolute Gasteiger partial charge is 0.311 e. The van der Waals surface area contributed by atoms with Gasteiger partial charge in [0, 0.05) is 19.8 Å². The maximum absolute atomic E-state index is 14.5. The van der Waals surface area contributed by atoms with Gasteiger partial charge in [0.05, 0.1) is 11.0 Å². The van der Waals surface area contributed by atoms with Crippen LogP contribution in [0.15, 0.2) is 42.5 Å². The number of amides is 1. The van der Waals surface area contributed by atoms with Crippen LogP contribution >= 0.6 is 0 Å². The number of aryl methyl sites for hydroxylation is 1. The molecule has 1 fully saturated rings. The predicted molar refractivity (Wildman–Crippen MR) is 99.0 cm³/mol. The van der Waals surface area contributed by atoms with Crippen molar-refractivity contribution >= 4 is 11.9 Å². The minimum absolute atomic E-state index is 0.0519. The Kier molecular flexibility index (Phi) is 5.56. The molecule has 0 bridgehead atoms. The summed E-state index contributed by atoms with van der Waals surface area (Å²) in [6.07, 6.45) is 0.634. The summed E-state index contributed by atoms with van der Waals surface area (Å²) >= 11 is 0. The van der Waals surface area contributed by atoms with Gasteiger partial charge in [-0.15, -0.1) is 0 Å². The second-order valence-electron chi connectivity index (χ2n) is 6.94. The molecule has 1 amide bonds. The van der Waals surface area contributed by atoms with Crippen molar-refractivity contribution in [3.8, 4) is 11.1 Å². The van der Waals surface area contributed by atoms with Gasteiger partial charge in [-0.1, -0.05) is 35.9 Å². The van der Waals surface area contributed by atoms with Gasteiger partial charge in [0.1, 0.15) is 5.82 Å². The highest BCUT2D eigenvalue weighted by atomic mass is 19.1. The Morgan fingerprint density at radius 2 is 1.74 bits per heavy atom. The Balaban J connectivity index is 1.73. The second-order valence-corrected chi connectivity index (χ2v) is 6.94. The van der Waals surface area contributed by atoms with Crippen LogP contribution in [0.1, 0.15) is 28.8 Å². The first-order chi connectivity index (χ1) is 12.9. The van der Waals surface area contributed by atoms with Gasteiger partial charge in [0.15, 0.2) is 0 Å². The van der Waals surface area contributed by atoms with E-state index in [2.05, 4.69) is 5.32 Å². The third kappa shape index (κ3) is 4.17. The van der Waals surface area contributed by atoms with Crippen molar-refractivity contribution in [2.45, 2.75) is 19.8 Å². The van der Waals surface area contributed by atoms with E-state index >= 15 is 0 Å². The number of carbonyl (C=O) groups excluding carboxylic acids is 1. The summed E-state index contributed by atoms with van der Waals surface area (Å²) in [4.78, 5) is 24.0. The zero-order chi connectivity index (χ0) is 19.4. The number of carboxylic acid groups (broad SMARTS) is 1. The van der Waals surface area contributed by atoms with Crippen molar-refractivity contribution < 1.29 is 23.8 Å². The SMILES string of the molecule is Cc1ccc(-c2ccc(C(=O)NCC3(C(=O)O)CCOCC3)c(F)c2)cc1. The normalized spacial score (nSPS) is 15.9. The molecule has 27 heavy (non-hydrogen) atoms. The molecule has 0 atom stereocenters. The summed E-state index contributed by atoms with van der Waals surface area (Å²) < 4.78 is 19.7. The second kappa shape index (κ2) is 7.88. The monoisotopic (exact) mass is 371 g/mol. The van der Waals surface area contributed by atoms with Crippen molar-refractivity contribution in [2.75, 3.05) is 19.8 Å². The highest BCUT2D eigenvalue weighted by Crippen LogP contribution is 2.30. The number of benzene rings is 2. The number of halogens is 1. The maximum atomic E-state index is 14.5. The summed E-state index contributed by atoms with van der Waals surface area (Å²) in [5.74, 6) is -2.22. The molecule has 0 aromatic heterocycles. The van der Waals surface area contributed by atoms with E-state index in [4.69, 9.17) is 4.74 Å². The molecule has 0 radical (unpaired) electrons. The van der Waals surface area contributed by atoms with Gasteiger partial charge in [-0.05, 0) is 43.0 Å². The van der Waals surface area contributed by atoms with Crippen molar-refractivity contribution in [1.82, 2.24) is 5.32 Å². The van der Waals surface area contributed by atoms with Crippen LogP contribution in [0.3, 0.4) is 0 Å². The van der Waals surface area contributed by atoms with Crippen LogP contribution in [0.25, 0.3) is 11.1 Å². The van der Waals surface area contributed by atoms with E-state index in [1.807, 2.05) is 31.2 Å². The van der Waals surface area contributed by atoms with Crippen LogP contribution in [0.2, 0.25) is 0 Å². The quantitative estimate of drug-likeness (QED) is 0.845. The first kappa shape index (κ1) is 19.0. The molecule has 0 spiro atoms. The van der Waals surface area contributed by atoms with Crippen LogP contribution < -0.4 is 5.32 Å². The number of aliphatic carboxylic acids is 1. The van der Waals surface area contributed by atoms with Crippen LogP contribution in [-0.2, 0) is 9.53 Å². The van der Waals surface area contributed by atoms with Crippen molar-refractivity contribution in [1.29, 1.82) is 0 Å².